The summed E-state index contributed by atoms with van der Waals surface area (Å²) in [6.45, 7) is 1.90. The molecule has 0 radical (unpaired) electrons. The first-order valence-electron chi connectivity index (χ1n) is 4.00. The SMILES string of the molecule is CC1=C([CH2][W](=[C]=O)(=[C]=O)=[C]=O)CC=C1. The molecule has 14 heavy (non-hydrogen) atoms. The molecule has 0 unspecified atom stereocenters. The average molecular weight is 361 g/mol. The van der Waals surface area contributed by atoms with Gasteiger partial charge in [0.2, 0.25) is 0 Å². The molecule has 0 heterocycles. The predicted octanol–water partition coefficient (Wildman–Crippen LogP) is 1.04. The third-order valence-corrected chi connectivity index (χ3v) is 7.98. The number of rotatable bonds is 2. The minimum atomic E-state index is -4.09. The van der Waals surface area contributed by atoms with Crippen LogP contribution in [0.15, 0.2) is 23.3 Å². The van der Waals surface area contributed by atoms with Crippen molar-refractivity contribution >= 4 is 12.8 Å². The molecule has 0 atom stereocenters. The van der Waals surface area contributed by atoms with Crippen LogP contribution in [0.3, 0.4) is 0 Å². The molecule has 0 saturated heterocycles. The van der Waals surface area contributed by atoms with Crippen LogP contribution in [0.5, 0.6) is 0 Å². The van der Waals surface area contributed by atoms with E-state index in [2.05, 4.69) is 0 Å². The van der Waals surface area contributed by atoms with Gasteiger partial charge < -0.3 is 0 Å². The van der Waals surface area contributed by atoms with Gasteiger partial charge in [0, 0.05) is 0 Å². The number of hydrogen-bond donors (Lipinski definition) is 0. The molecule has 73 valence electrons. The van der Waals surface area contributed by atoms with Gasteiger partial charge in [-0.3, -0.25) is 0 Å². The Labute approximate surface area is 83.5 Å². The van der Waals surface area contributed by atoms with Crippen LogP contribution in [0.25, 0.3) is 0 Å². The van der Waals surface area contributed by atoms with Crippen LogP contribution < -0.4 is 0 Å². The van der Waals surface area contributed by atoms with Crippen molar-refractivity contribution in [3.8, 4) is 0 Å². The van der Waals surface area contributed by atoms with E-state index < -0.39 is 14.7 Å². The first kappa shape index (κ1) is 11.0. The van der Waals surface area contributed by atoms with Gasteiger partial charge in [-0.15, -0.1) is 0 Å². The summed E-state index contributed by atoms with van der Waals surface area (Å²) < 4.78 is 4.83. The molecule has 0 saturated carbocycles. The van der Waals surface area contributed by atoms with Crippen molar-refractivity contribution in [1.29, 1.82) is 0 Å². The van der Waals surface area contributed by atoms with Gasteiger partial charge in [0.15, 0.2) is 0 Å². The van der Waals surface area contributed by atoms with Crippen LogP contribution in [-0.4, -0.2) is 12.8 Å². The summed E-state index contributed by atoms with van der Waals surface area (Å²) >= 11 is -4.09. The second-order valence-electron chi connectivity index (χ2n) is 3.03. The van der Waals surface area contributed by atoms with E-state index in [1.54, 1.807) is 12.8 Å². The molecule has 0 aromatic heterocycles. The van der Waals surface area contributed by atoms with E-state index in [-0.39, 0.29) is 4.81 Å². The molecule has 4 heteroatoms. The second kappa shape index (κ2) is 4.42. The molecule has 0 N–H and O–H groups in total. The molecule has 0 aromatic rings. The Morgan fingerprint density at radius 3 is 2.21 bits per heavy atom. The van der Waals surface area contributed by atoms with Crippen LogP contribution in [0, 0.1) is 0 Å². The van der Waals surface area contributed by atoms with E-state index >= 15 is 0 Å². The first-order chi connectivity index (χ1) is 6.67. The standard InChI is InChI=1S/C7H9.3CO.W/c1-6-4-3-5-7(6)2;3*1-2;/h3,5H,1,4H2,2H3;;;;. The Hall–Kier alpha value is -1.09. The molecule has 1 rings (SSSR count). The summed E-state index contributed by atoms with van der Waals surface area (Å²) in [5, 5.41) is 0. The van der Waals surface area contributed by atoms with Gasteiger partial charge in [-0.1, -0.05) is 0 Å². The zero-order valence-corrected chi connectivity index (χ0v) is 10.6. The summed E-state index contributed by atoms with van der Waals surface area (Å²) in [5.41, 5.74) is 2.02. The fraction of sp³-hybridized carbons (Fsp3) is 0.300. The van der Waals surface area contributed by atoms with Gasteiger partial charge >= 0.3 is 83.3 Å². The van der Waals surface area contributed by atoms with Crippen LogP contribution in [0.2, 0.25) is 4.81 Å². The summed E-state index contributed by atoms with van der Waals surface area (Å²) in [6, 6.07) is 0. The maximum atomic E-state index is 10.6. The van der Waals surface area contributed by atoms with Crippen molar-refractivity contribution in [2.75, 3.05) is 0 Å². The number of carbonyl (C=O) groups excluding carboxylic acids is 3. The van der Waals surface area contributed by atoms with Gasteiger partial charge in [-0.05, 0) is 0 Å². The third-order valence-electron chi connectivity index (χ3n) is 2.11. The molecule has 1 aliphatic carbocycles. The minimum absolute atomic E-state index is 0.252. The van der Waals surface area contributed by atoms with Gasteiger partial charge in [0.1, 0.15) is 0 Å². The summed E-state index contributed by atoms with van der Waals surface area (Å²) in [7, 11) is 0. The van der Waals surface area contributed by atoms with Crippen LogP contribution in [-0.2, 0) is 29.1 Å². The Morgan fingerprint density at radius 2 is 1.86 bits per heavy atom. The molecule has 0 aliphatic heterocycles. The molecule has 0 fully saturated rings. The normalized spacial score (nSPS) is 14.9. The second-order valence-corrected chi connectivity index (χ2v) is 11.2. The molecular formula is C10H9O3W. The van der Waals surface area contributed by atoms with Crippen LogP contribution in [0.4, 0.5) is 0 Å². The summed E-state index contributed by atoms with van der Waals surface area (Å²) in [4.78, 5) is 32.0. The zero-order chi connectivity index (χ0) is 10.6. The fourth-order valence-electron chi connectivity index (χ4n) is 1.23. The van der Waals surface area contributed by atoms with Crippen molar-refractivity contribution in [1.82, 2.24) is 0 Å². The Bertz CT molecular complexity index is 514. The van der Waals surface area contributed by atoms with E-state index in [0.717, 1.165) is 17.6 Å². The van der Waals surface area contributed by atoms with Crippen LogP contribution in [0.1, 0.15) is 13.3 Å². The Morgan fingerprint density at radius 1 is 1.29 bits per heavy atom. The van der Waals surface area contributed by atoms with E-state index in [1.807, 2.05) is 19.1 Å². The quantitative estimate of drug-likeness (QED) is 0.739. The van der Waals surface area contributed by atoms with Crippen LogP contribution >= 0.6 is 0 Å². The fourth-order valence-corrected chi connectivity index (χ4v) is 5.35. The van der Waals surface area contributed by atoms with E-state index in [9.17, 15) is 14.4 Å². The van der Waals surface area contributed by atoms with Crippen molar-refractivity contribution in [2.45, 2.75) is 18.2 Å². The van der Waals surface area contributed by atoms with Gasteiger partial charge in [0.25, 0.3) is 0 Å². The van der Waals surface area contributed by atoms with Crippen molar-refractivity contribution in [2.24, 2.45) is 0 Å². The molecule has 1 aliphatic rings. The molecule has 0 amide bonds. The van der Waals surface area contributed by atoms with E-state index in [4.69, 9.17) is 0 Å². The van der Waals surface area contributed by atoms with Crippen molar-refractivity contribution in [3.63, 3.8) is 0 Å². The predicted molar refractivity (Wildman–Crippen MR) is 48.3 cm³/mol. The van der Waals surface area contributed by atoms with Gasteiger partial charge in [-0.2, -0.15) is 0 Å². The monoisotopic (exact) mass is 361 g/mol. The first-order valence-corrected chi connectivity index (χ1v) is 10.5. The summed E-state index contributed by atoms with van der Waals surface area (Å²) in [5.74, 6) is 0. The topological polar surface area (TPSA) is 51.2 Å². The molecule has 3 nitrogen and oxygen atoms in total. The average Bonchev–Trinajstić information content (AvgIpc) is 2.61. The van der Waals surface area contributed by atoms with Gasteiger partial charge in [-0.25, -0.2) is 0 Å². The number of allylic oxidation sites excluding steroid dienone is 4. The summed E-state index contributed by atoms with van der Waals surface area (Å²) in [6.07, 6.45) is 4.59. The van der Waals surface area contributed by atoms with Crippen molar-refractivity contribution < 1.29 is 29.1 Å². The molecular weight excluding hydrogens is 352 g/mol. The number of hydrogen-bond acceptors (Lipinski definition) is 3. The molecule has 0 bridgehead atoms. The van der Waals surface area contributed by atoms with Crippen molar-refractivity contribution in [3.05, 3.63) is 23.3 Å². The third kappa shape index (κ3) is 2.04. The van der Waals surface area contributed by atoms with E-state index in [1.165, 1.54) is 0 Å². The zero-order valence-electron chi connectivity index (χ0n) is 7.70. The molecule has 0 aromatic carbocycles. The van der Waals surface area contributed by atoms with E-state index in [0.29, 0.717) is 0 Å². The van der Waals surface area contributed by atoms with Gasteiger partial charge in [0.05, 0.1) is 0 Å². The Kier molecular flexibility index (Phi) is 3.47. The Balaban J connectivity index is 3.28. The molecule has 0 spiro atoms. The maximum absolute atomic E-state index is 10.6.